The molecule has 0 radical (unpaired) electrons. The van der Waals surface area contributed by atoms with Crippen LogP contribution in [0.25, 0.3) is 0 Å². The molecule has 1 unspecified atom stereocenters. The number of thiophene rings is 1. The van der Waals surface area contributed by atoms with E-state index in [9.17, 15) is 4.79 Å². The molecule has 2 rings (SSSR count). The quantitative estimate of drug-likeness (QED) is 0.778. The van der Waals surface area contributed by atoms with Crippen LogP contribution >= 0.6 is 11.3 Å². The van der Waals surface area contributed by atoms with Gasteiger partial charge in [0.15, 0.2) is 5.69 Å². The highest BCUT2D eigenvalue weighted by atomic mass is 32.1. The molecule has 5 nitrogen and oxygen atoms in total. The lowest BCUT2D eigenvalue weighted by Crippen LogP contribution is -2.20. The zero-order chi connectivity index (χ0) is 10.8. The maximum atomic E-state index is 11.8. The number of aromatic nitrogens is 3. The number of hydrogen-bond acceptors (Lipinski definition) is 5. The second-order valence-electron chi connectivity index (χ2n) is 3.13. The lowest BCUT2D eigenvalue weighted by Gasteiger charge is -2.04. The molecular weight excluding hydrogens is 212 g/mol. The van der Waals surface area contributed by atoms with Crippen molar-refractivity contribution in [2.45, 2.75) is 6.04 Å². The molecular formula is C9H10N4OS. The summed E-state index contributed by atoms with van der Waals surface area (Å²) in [6, 6.07) is 3.06. The molecule has 0 bridgehead atoms. The highest BCUT2D eigenvalue weighted by Crippen LogP contribution is 2.19. The summed E-state index contributed by atoms with van der Waals surface area (Å²) in [6.07, 6.45) is 1.57. The van der Waals surface area contributed by atoms with Gasteiger partial charge in [-0.25, -0.2) is 0 Å². The molecule has 2 N–H and O–H groups in total. The Morgan fingerprint density at radius 1 is 1.67 bits per heavy atom. The standard InChI is InChI=1S/C9H10N4OS/c1-13-5-6(11-12-13)9(14)8(10)7-3-2-4-15-7/h2-5,8H,10H2,1H3. The fourth-order valence-corrected chi connectivity index (χ4v) is 1.94. The Balaban J connectivity index is 2.22. The van der Waals surface area contributed by atoms with Crippen LogP contribution in [0, 0.1) is 0 Å². The highest BCUT2D eigenvalue weighted by Gasteiger charge is 2.20. The van der Waals surface area contributed by atoms with Crippen LogP contribution in [0.4, 0.5) is 0 Å². The van der Waals surface area contributed by atoms with Gasteiger partial charge >= 0.3 is 0 Å². The maximum Gasteiger partial charge on any atom is 0.206 e. The van der Waals surface area contributed by atoms with Crippen LogP contribution in [0.3, 0.4) is 0 Å². The summed E-state index contributed by atoms with van der Waals surface area (Å²) in [7, 11) is 1.71. The van der Waals surface area contributed by atoms with E-state index in [-0.39, 0.29) is 5.78 Å². The minimum Gasteiger partial charge on any atom is -0.317 e. The van der Waals surface area contributed by atoms with Gasteiger partial charge in [0, 0.05) is 11.9 Å². The Hall–Kier alpha value is -1.53. The zero-order valence-electron chi connectivity index (χ0n) is 8.12. The first-order chi connectivity index (χ1) is 7.18. The summed E-state index contributed by atoms with van der Waals surface area (Å²) in [6.45, 7) is 0. The van der Waals surface area contributed by atoms with Crippen LogP contribution in [0.2, 0.25) is 0 Å². The van der Waals surface area contributed by atoms with Gasteiger partial charge in [-0.3, -0.25) is 9.48 Å². The van der Waals surface area contributed by atoms with Gasteiger partial charge in [0.25, 0.3) is 0 Å². The van der Waals surface area contributed by atoms with Crippen LogP contribution in [0.15, 0.2) is 23.7 Å². The fourth-order valence-electron chi connectivity index (χ4n) is 1.22. The second kappa shape index (κ2) is 3.92. The topological polar surface area (TPSA) is 73.8 Å². The summed E-state index contributed by atoms with van der Waals surface area (Å²) in [5.41, 5.74) is 6.11. The number of Topliss-reactive ketones (excluding diaryl/α,β-unsaturated/α-hetero) is 1. The first kappa shape index (κ1) is 10.0. The second-order valence-corrected chi connectivity index (χ2v) is 4.11. The minimum atomic E-state index is -0.637. The molecule has 78 valence electrons. The molecule has 0 spiro atoms. The molecule has 0 aliphatic heterocycles. The summed E-state index contributed by atoms with van der Waals surface area (Å²) >= 11 is 1.46. The van der Waals surface area contributed by atoms with Gasteiger partial charge in [-0.15, -0.1) is 16.4 Å². The van der Waals surface area contributed by atoms with Crippen molar-refractivity contribution < 1.29 is 4.79 Å². The molecule has 0 aromatic carbocycles. The van der Waals surface area contributed by atoms with Gasteiger partial charge in [-0.05, 0) is 11.4 Å². The largest absolute Gasteiger partial charge is 0.317 e. The molecule has 0 fully saturated rings. The number of ketones is 1. The number of hydrogen-bond donors (Lipinski definition) is 1. The first-order valence-electron chi connectivity index (χ1n) is 4.38. The van der Waals surface area contributed by atoms with Crippen molar-refractivity contribution in [3.05, 3.63) is 34.3 Å². The van der Waals surface area contributed by atoms with E-state index in [1.54, 1.807) is 13.2 Å². The van der Waals surface area contributed by atoms with Crippen molar-refractivity contribution in [1.29, 1.82) is 0 Å². The zero-order valence-corrected chi connectivity index (χ0v) is 8.94. The Labute approximate surface area is 90.5 Å². The summed E-state index contributed by atoms with van der Waals surface area (Å²) in [5.74, 6) is -0.203. The number of nitrogens with zero attached hydrogens (tertiary/aromatic N) is 3. The van der Waals surface area contributed by atoms with Crippen molar-refractivity contribution in [3.63, 3.8) is 0 Å². The van der Waals surface area contributed by atoms with Crippen LogP contribution in [0.1, 0.15) is 21.4 Å². The van der Waals surface area contributed by atoms with Crippen molar-refractivity contribution in [3.8, 4) is 0 Å². The number of nitrogens with two attached hydrogens (primary N) is 1. The predicted molar refractivity (Wildman–Crippen MR) is 56.6 cm³/mol. The normalized spacial score (nSPS) is 12.7. The van der Waals surface area contributed by atoms with Gasteiger partial charge in [-0.2, -0.15) is 0 Å². The summed E-state index contributed by atoms with van der Waals surface area (Å²) in [4.78, 5) is 12.7. The Kier molecular flexibility index (Phi) is 2.61. The molecule has 0 saturated carbocycles. The van der Waals surface area contributed by atoms with E-state index in [0.717, 1.165) is 4.88 Å². The van der Waals surface area contributed by atoms with Crippen molar-refractivity contribution in [2.24, 2.45) is 12.8 Å². The number of carbonyl (C=O) groups is 1. The lowest BCUT2D eigenvalue weighted by atomic mass is 10.1. The molecule has 0 aliphatic carbocycles. The van der Waals surface area contributed by atoms with E-state index in [2.05, 4.69) is 10.3 Å². The number of rotatable bonds is 3. The number of aryl methyl sites for hydroxylation is 1. The molecule has 15 heavy (non-hydrogen) atoms. The van der Waals surface area contributed by atoms with E-state index >= 15 is 0 Å². The van der Waals surface area contributed by atoms with E-state index in [4.69, 9.17) is 5.73 Å². The van der Waals surface area contributed by atoms with Gasteiger partial charge in [0.05, 0.1) is 6.20 Å². The lowest BCUT2D eigenvalue weighted by molar-refractivity contribution is 0.0957. The third kappa shape index (κ3) is 1.95. The molecule has 0 amide bonds. The average Bonchev–Trinajstić information content (AvgIpc) is 2.85. The molecule has 1 atom stereocenters. The maximum absolute atomic E-state index is 11.8. The summed E-state index contributed by atoms with van der Waals surface area (Å²) < 4.78 is 1.48. The van der Waals surface area contributed by atoms with Crippen LogP contribution < -0.4 is 5.73 Å². The predicted octanol–water partition coefficient (Wildman–Crippen LogP) is 0.759. The Morgan fingerprint density at radius 3 is 3.00 bits per heavy atom. The van der Waals surface area contributed by atoms with Crippen LogP contribution in [0.5, 0.6) is 0 Å². The first-order valence-corrected chi connectivity index (χ1v) is 5.26. The monoisotopic (exact) mass is 222 g/mol. The molecule has 2 heterocycles. The molecule has 0 saturated heterocycles. The van der Waals surface area contributed by atoms with Crippen molar-refractivity contribution >= 4 is 17.1 Å². The Bertz CT molecular complexity index is 462. The summed E-state index contributed by atoms with van der Waals surface area (Å²) in [5, 5.41) is 9.32. The minimum absolute atomic E-state index is 0.203. The van der Waals surface area contributed by atoms with Gasteiger partial charge < -0.3 is 5.73 Å². The van der Waals surface area contributed by atoms with E-state index < -0.39 is 6.04 Å². The van der Waals surface area contributed by atoms with Gasteiger partial charge in [0.1, 0.15) is 6.04 Å². The molecule has 0 aliphatic rings. The smallest absolute Gasteiger partial charge is 0.206 e. The van der Waals surface area contributed by atoms with Crippen LogP contribution in [-0.2, 0) is 7.05 Å². The fraction of sp³-hybridized carbons (Fsp3) is 0.222. The van der Waals surface area contributed by atoms with Crippen LogP contribution in [-0.4, -0.2) is 20.8 Å². The van der Waals surface area contributed by atoms with Crippen molar-refractivity contribution in [2.75, 3.05) is 0 Å². The molecule has 6 heteroatoms. The van der Waals surface area contributed by atoms with E-state index in [0.29, 0.717) is 5.69 Å². The highest BCUT2D eigenvalue weighted by molar-refractivity contribution is 7.10. The van der Waals surface area contributed by atoms with E-state index in [1.807, 2.05) is 17.5 Å². The molecule has 2 aromatic rings. The van der Waals surface area contributed by atoms with Gasteiger partial charge in [0.2, 0.25) is 5.78 Å². The van der Waals surface area contributed by atoms with Crippen molar-refractivity contribution in [1.82, 2.24) is 15.0 Å². The van der Waals surface area contributed by atoms with Gasteiger partial charge in [-0.1, -0.05) is 11.3 Å². The average molecular weight is 222 g/mol. The third-order valence-corrected chi connectivity index (χ3v) is 2.94. The molecule has 2 aromatic heterocycles. The Morgan fingerprint density at radius 2 is 2.47 bits per heavy atom. The number of carbonyl (C=O) groups excluding carboxylic acids is 1. The SMILES string of the molecule is Cn1cc(C(=O)C(N)c2cccs2)nn1. The third-order valence-electron chi connectivity index (χ3n) is 1.99. The van der Waals surface area contributed by atoms with E-state index in [1.165, 1.54) is 16.0 Å².